The van der Waals surface area contributed by atoms with Crippen LogP contribution < -0.4 is 5.32 Å². The molecule has 2 unspecified atom stereocenters. The van der Waals surface area contributed by atoms with Crippen LogP contribution in [0.1, 0.15) is 31.1 Å². The molecule has 2 aromatic carbocycles. The normalized spacial score (nSPS) is 13.4. The van der Waals surface area contributed by atoms with Crippen LogP contribution >= 0.6 is 11.6 Å². The van der Waals surface area contributed by atoms with Crippen molar-refractivity contribution in [2.24, 2.45) is 5.92 Å². The number of hydrogen-bond acceptors (Lipinski definition) is 3. The number of aliphatic hydroxyl groups excluding tert-OH is 1. The number of ether oxygens (including phenoxy) is 1. The van der Waals surface area contributed by atoms with E-state index in [-0.39, 0.29) is 12.5 Å². The first-order valence-electron chi connectivity index (χ1n) is 7.88. The Labute approximate surface area is 147 Å². The molecule has 24 heavy (non-hydrogen) atoms. The van der Waals surface area contributed by atoms with Crippen LogP contribution in [-0.2, 0) is 11.3 Å². The SMILES string of the molecule is CC(C)C(NC(=O)OCc1ccccc1)C(O)c1ccc(Cl)cc1. The molecule has 4 nitrogen and oxygen atoms in total. The van der Waals surface area contributed by atoms with E-state index in [9.17, 15) is 9.90 Å². The van der Waals surface area contributed by atoms with E-state index >= 15 is 0 Å². The lowest BCUT2D eigenvalue weighted by Gasteiger charge is -2.27. The Morgan fingerprint density at radius 1 is 1.12 bits per heavy atom. The third-order valence-electron chi connectivity index (χ3n) is 3.77. The van der Waals surface area contributed by atoms with E-state index in [2.05, 4.69) is 5.32 Å². The van der Waals surface area contributed by atoms with Gasteiger partial charge in [0, 0.05) is 5.02 Å². The van der Waals surface area contributed by atoms with Crippen LogP contribution in [-0.4, -0.2) is 17.2 Å². The molecule has 0 aliphatic heterocycles. The summed E-state index contributed by atoms with van der Waals surface area (Å²) in [5.41, 5.74) is 1.61. The number of benzene rings is 2. The van der Waals surface area contributed by atoms with Crippen molar-refractivity contribution < 1.29 is 14.6 Å². The van der Waals surface area contributed by atoms with E-state index in [1.807, 2.05) is 44.2 Å². The van der Waals surface area contributed by atoms with Gasteiger partial charge in [0.05, 0.1) is 12.1 Å². The second-order valence-corrected chi connectivity index (χ2v) is 6.41. The molecule has 0 saturated heterocycles. The van der Waals surface area contributed by atoms with Crippen LogP contribution in [0.5, 0.6) is 0 Å². The van der Waals surface area contributed by atoms with Crippen molar-refractivity contribution in [1.29, 1.82) is 0 Å². The van der Waals surface area contributed by atoms with Crippen LogP contribution in [0.4, 0.5) is 4.79 Å². The van der Waals surface area contributed by atoms with Crippen molar-refractivity contribution >= 4 is 17.7 Å². The maximum atomic E-state index is 12.1. The van der Waals surface area contributed by atoms with Crippen LogP contribution in [0.3, 0.4) is 0 Å². The van der Waals surface area contributed by atoms with Crippen molar-refractivity contribution in [3.8, 4) is 0 Å². The number of rotatable bonds is 6. The molecule has 2 aromatic rings. The zero-order valence-corrected chi connectivity index (χ0v) is 14.5. The van der Waals surface area contributed by atoms with Gasteiger partial charge < -0.3 is 15.2 Å². The van der Waals surface area contributed by atoms with Gasteiger partial charge in [-0.1, -0.05) is 67.9 Å². The number of alkyl carbamates (subject to hydrolysis) is 1. The van der Waals surface area contributed by atoms with Gasteiger partial charge in [-0.25, -0.2) is 4.79 Å². The van der Waals surface area contributed by atoms with Crippen molar-refractivity contribution in [3.63, 3.8) is 0 Å². The summed E-state index contributed by atoms with van der Waals surface area (Å²) in [5, 5.41) is 13.9. The lowest BCUT2D eigenvalue weighted by atomic mass is 9.93. The quantitative estimate of drug-likeness (QED) is 0.818. The number of hydrogen-bond donors (Lipinski definition) is 2. The van der Waals surface area contributed by atoms with Crippen LogP contribution in [0, 0.1) is 5.92 Å². The number of nitrogens with one attached hydrogen (secondary N) is 1. The molecule has 0 heterocycles. The predicted molar refractivity (Wildman–Crippen MR) is 94.8 cm³/mol. The second-order valence-electron chi connectivity index (χ2n) is 5.97. The predicted octanol–water partition coefficient (Wildman–Crippen LogP) is 4.32. The molecule has 2 N–H and O–H groups in total. The molecule has 1 amide bonds. The number of carbonyl (C=O) groups excluding carboxylic acids is 1. The highest BCUT2D eigenvalue weighted by Gasteiger charge is 2.26. The van der Waals surface area contributed by atoms with Crippen molar-refractivity contribution in [2.75, 3.05) is 0 Å². The van der Waals surface area contributed by atoms with Crippen molar-refractivity contribution in [2.45, 2.75) is 32.6 Å². The summed E-state index contributed by atoms with van der Waals surface area (Å²) in [6, 6.07) is 15.9. The molecule has 5 heteroatoms. The average molecular weight is 348 g/mol. The molecule has 0 saturated carbocycles. The summed E-state index contributed by atoms with van der Waals surface area (Å²) in [4.78, 5) is 12.1. The van der Waals surface area contributed by atoms with E-state index in [0.717, 1.165) is 5.56 Å². The summed E-state index contributed by atoms with van der Waals surface area (Å²) in [6.45, 7) is 4.05. The van der Waals surface area contributed by atoms with Gasteiger partial charge in [0.15, 0.2) is 0 Å². The van der Waals surface area contributed by atoms with E-state index in [1.165, 1.54) is 0 Å². The molecule has 128 valence electrons. The lowest BCUT2D eigenvalue weighted by molar-refractivity contribution is 0.0863. The molecule has 0 spiro atoms. The van der Waals surface area contributed by atoms with Gasteiger partial charge in [0.1, 0.15) is 6.61 Å². The van der Waals surface area contributed by atoms with Crippen LogP contribution in [0.15, 0.2) is 54.6 Å². The van der Waals surface area contributed by atoms with Gasteiger partial charge in [-0.15, -0.1) is 0 Å². The van der Waals surface area contributed by atoms with Gasteiger partial charge in [-0.2, -0.15) is 0 Å². The third kappa shape index (κ3) is 5.25. The maximum Gasteiger partial charge on any atom is 0.407 e. The highest BCUT2D eigenvalue weighted by atomic mass is 35.5. The van der Waals surface area contributed by atoms with Gasteiger partial charge in [-0.3, -0.25) is 0 Å². The smallest absolute Gasteiger partial charge is 0.407 e. The highest BCUT2D eigenvalue weighted by Crippen LogP contribution is 2.23. The maximum absolute atomic E-state index is 12.1. The summed E-state index contributed by atoms with van der Waals surface area (Å²) in [6.07, 6.45) is -1.39. The first-order chi connectivity index (χ1) is 11.5. The Hall–Kier alpha value is -2.04. The second kappa shape index (κ2) is 8.71. The third-order valence-corrected chi connectivity index (χ3v) is 4.02. The van der Waals surface area contributed by atoms with Crippen molar-refractivity contribution in [1.82, 2.24) is 5.32 Å². The Morgan fingerprint density at radius 2 is 1.75 bits per heavy atom. The van der Waals surface area contributed by atoms with E-state index in [1.54, 1.807) is 24.3 Å². The van der Waals surface area contributed by atoms with Crippen LogP contribution in [0.2, 0.25) is 5.02 Å². The van der Waals surface area contributed by atoms with Gasteiger partial charge in [0.2, 0.25) is 0 Å². The fraction of sp³-hybridized carbons (Fsp3) is 0.316. The molecule has 0 aliphatic carbocycles. The first kappa shape index (κ1) is 18.3. The molecule has 0 aliphatic rings. The number of halogens is 1. The van der Waals surface area contributed by atoms with E-state index < -0.39 is 18.2 Å². The molecular weight excluding hydrogens is 326 g/mol. The highest BCUT2D eigenvalue weighted by molar-refractivity contribution is 6.30. The molecule has 0 radical (unpaired) electrons. The zero-order valence-electron chi connectivity index (χ0n) is 13.8. The summed E-state index contributed by atoms with van der Waals surface area (Å²) < 4.78 is 5.23. The van der Waals surface area contributed by atoms with E-state index in [0.29, 0.717) is 10.6 Å². The Kier molecular flexibility index (Phi) is 6.64. The largest absolute Gasteiger partial charge is 0.445 e. The monoisotopic (exact) mass is 347 g/mol. The number of carbonyl (C=O) groups is 1. The topological polar surface area (TPSA) is 58.6 Å². The fourth-order valence-corrected chi connectivity index (χ4v) is 2.50. The minimum atomic E-state index is -0.841. The minimum Gasteiger partial charge on any atom is -0.445 e. The van der Waals surface area contributed by atoms with Gasteiger partial charge in [-0.05, 0) is 29.2 Å². The molecule has 2 atom stereocenters. The average Bonchev–Trinajstić information content (AvgIpc) is 2.58. The van der Waals surface area contributed by atoms with E-state index in [4.69, 9.17) is 16.3 Å². The fourth-order valence-electron chi connectivity index (χ4n) is 2.38. The van der Waals surface area contributed by atoms with Gasteiger partial charge >= 0.3 is 6.09 Å². The Balaban J connectivity index is 1.97. The molecule has 0 fully saturated rings. The standard InChI is InChI=1S/C19H22ClNO3/c1-13(2)17(18(22)15-8-10-16(20)11-9-15)21-19(23)24-12-14-6-4-3-5-7-14/h3-11,13,17-18,22H,12H2,1-2H3,(H,21,23). The number of aliphatic hydroxyl groups is 1. The molecular formula is C19H22ClNO3. The number of amides is 1. The molecule has 0 aromatic heterocycles. The lowest BCUT2D eigenvalue weighted by Crippen LogP contribution is -2.43. The van der Waals surface area contributed by atoms with Crippen molar-refractivity contribution in [3.05, 3.63) is 70.7 Å². The van der Waals surface area contributed by atoms with Gasteiger partial charge in [0.25, 0.3) is 0 Å². The first-order valence-corrected chi connectivity index (χ1v) is 8.26. The summed E-state index contributed by atoms with van der Waals surface area (Å²) in [5.74, 6) is 0.0277. The minimum absolute atomic E-state index is 0.0277. The summed E-state index contributed by atoms with van der Waals surface area (Å²) >= 11 is 5.87. The molecule has 2 rings (SSSR count). The Morgan fingerprint density at radius 3 is 2.33 bits per heavy atom. The zero-order chi connectivity index (χ0) is 17.5. The summed E-state index contributed by atoms with van der Waals surface area (Å²) in [7, 11) is 0. The van der Waals surface area contributed by atoms with Crippen LogP contribution in [0.25, 0.3) is 0 Å². The molecule has 0 bridgehead atoms. The Bertz CT molecular complexity index is 643.